The van der Waals surface area contributed by atoms with Gasteiger partial charge in [-0.05, 0) is 66.8 Å². The van der Waals surface area contributed by atoms with Gasteiger partial charge in [-0.3, -0.25) is 9.82 Å². The van der Waals surface area contributed by atoms with E-state index < -0.39 is 17.7 Å². The van der Waals surface area contributed by atoms with Gasteiger partial charge >= 0.3 is 6.03 Å². The molecule has 7 nitrogen and oxygen atoms in total. The van der Waals surface area contributed by atoms with Gasteiger partial charge in [-0.1, -0.05) is 12.1 Å². The quantitative estimate of drug-likeness (QED) is 0.288. The van der Waals surface area contributed by atoms with Crippen molar-refractivity contribution in [2.75, 3.05) is 37.5 Å². The fourth-order valence-electron chi connectivity index (χ4n) is 5.11. The highest BCUT2D eigenvalue weighted by molar-refractivity contribution is 6.03. The van der Waals surface area contributed by atoms with Gasteiger partial charge < -0.3 is 16.0 Å². The summed E-state index contributed by atoms with van der Waals surface area (Å²) in [6.45, 7) is 3.20. The number of anilines is 2. The van der Waals surface area contributed by atoms with Crippen LogP contribution in [0.1, 0.15) is 18.4 Å². The Morgan fingerprint density at radius 3 is 2.45 bits per heavy atom. The minimum Gasteiger partial charge on any atom is -0.370 e. The molecule has 40 heavy (non-hydrogen) atoms. The van der Waals surface area contributed by atoms with Crippen molar-refractivity contribution in [2.45, 2.75) is 25.8 Å². The number of piperidine rings is 1. The number of nitrogens with two attached hydrogens (primary N) is 1. The Morgan fingerprint density at radius 1 is 1.02 bits per heavy atom. The number of aromatic nitrogens is 1. The summed E-state index contributed by atoms with van der Waals surface area (Å²) in [5.41, 5.74) is 10.3. The predicted octanol–water partition coefficient (Wildman–Crippen LogP) is 6.25. The van der Waals surface area contributed by atoms with Crippen molar-refractivity contribution in [1.29, 1.82) is 0 Å². The van der Waals surface area contributed by atoms with E-state index in [4.69, 9.17) is 10.6 Å². The number of hydrogen-bond donors (Lipinski definition) is 2. The number of pyridine rings is 1. The minimum absolute atomic E-state index is 0.0893. The molecule has 2 heterocycles. The number of hydrogen-bond acceptors (Lipinski definition) is 5. The third-order valence-electron chi connectivity index (χ3n) is 7.21. The second kappa shape index (κ2) is 11.1. The molecule has 0 saturated carbocycles. The van der Waals surface area contributed by atoms with Crippen LogP contribution in [0.25, 0.3) is 33.2 Å². The SMILES string of the molecule is CON(C)C(=O)Nc1c(F)cc(F)cc1-c1ccc2ncc(-c3cc(C)cc(F)c3)c(N3CCC(N)CC3)c2c1. The van der Waals surface area contributed by atoms with Crippen LogP contribution in [0.4, 0.5) is 29.3 Å². The van der Waals surface area contributed by atoms with Gasteiger partial charge in [0.25, 0.3) is 0 Å². The molecule has 3 N–H and O–H groups in total. The van der Waals surface area contributed by atoms with Crippen molar-refractivity contribution in [1.82, 2.24) is 10.0 Å². The van der Waals surface area contributed by atoms with Crippen LogP contribution in [0, 0.1) is 24.4 Å². The molecule has 0 unspecified atom stereocenters. The van der Waals surface area contributed by atoms with Crippen molar-refractivity contribution < 1.29 is 22.8 Å². The second-order valence-corrected chi connectivity index (χ2v) is 10.0. The Bertz CT molecular complexity index is 1570. The van der Waals surface area contributed by atoms with Crippen LogP contribution in [-0.2, 0) is 4.84 Å². The molecule has 0 atom stereocenters. The van der Waals surface area contributed by atoms with Gasteiger partial charge in [-0.25, -0.2) is 23.0 Å². The smallest absolute Gasteiger partial charge is 0.345 e. The first-order valence-corrected chi connectivity index (χ1v) is 12.9. The van der Waals surface area contributed by atoms with Crippen LogP contribution in [-0.4, -0.2) is 49.4 Å². The summed E-state index contributed by atoms with van der Waals surface area (Å²) < 4.78 is 44.0. The van der Waals surface area contributed by atoms with Crippen LogP contribution in [0.15, 0.2) is 54.7 Å². The van der Waals surface area contributed by atoms with Gasteiger partial charge in [0, 0.05) is 55.0 Å². The molecule has 0 bridgehead atoms. The number of urea groups is 1. The molecule has 0 aliphatic carbocycles. The maximum Gasteiger partial charge on any atom is 0.345 e. The number of aryl methyl sites for hydroxylation is 1. The molecule has 1 fully saturated rings. The molecule has 1 saturated heterocycles. The lowest BCUT2D eigenvalue weighted by atomic mass is 9.95. The monoisotopic (exact) mass is 549 g/mol. The molecule has 208 valence electrons. The van der Waals surface area contributed by atoms with Crippen molar-refractivity contribution in [3.8, 4) is 22.3 Å². The van der Waals surface area contributed by atoms with Crippen molar-refractivity contribution in [2.24, 2.45) is 5.73 Å². The fraction of sp³-hybridized carbons (Fsp3) is 0.267. The predicted molar refractivity (Wildman–Crippen MR) is 150 cm³/mol. The zero-order valence-corrected chi connectivity index (χ0v) is 22.5. The molecule has 3 aromatic carbocycles. The maximum atomic E-state index is 15.0. The molecular formula is C30H30F3N5O2. The van der Waals surface area contributed by atoms with Gasteiger partial charge in [0.15, 0.2) is 0 Å². The van der Waals surface area contributed by atoms with E-state index in [2.05, 4.69) is 15.2 Å². The van der Waals surface area contributed by atoms with Gasteiger partial charge in [0.2, 0.25) is 0 Å². The third kappa shape index (κ3) is 5.45. The number of nitrogens with zero attached hydrogens (tertiary/aromatic N) is 3. The van der Waals surface area contributed by atoms with Crippen molar-refractivity contribution in [3.05, 3.63) is 77.7 Å². The van der Waals surface area contributed by atoms with Crippen molar-refractivity contribution in [3.63, 3.8) is 0 Å². The summed E-state index contributed by atoms with van der Waals surface area (Å²) in [6.07, 6.45) is 3.29. The first kappa shape index (κ1) is 27.4. The van der Waals surface area contributed by atoms with E-state index in [-0.39, 0.29) is 23.1 Å². The van der Waals surface area contributed by atoms with Gasteiger partial charge in [-0.2, -0.15) is 0 Å². The molecule has 2 amide bonds. The molecule has 10 heteroatoms. The highest BCUT2D eigenvalue weighted by Crippen LogP contribution is 2.41. The number of rotatable bonds is 5. The lowest BCUT2D eigenvalue weighted by Crippen LogP contribution is -2.40. The van der Waals surface area contributed by atoms with Crippen LogP contribution in [0.3, 0.4) is 0 Å². The number of halogens is 3. The molecule has 1 aromatic heterocycles. The molecule has 4 aromatic rings. The highest BCUT2D eigenvalue weighted by Gasteiger charge is 2.24. The number of fused-ring (bicyclic) bond motifs is 1. The first-order valence-electron chi connectivity index (χ1n) is 12.9. The Hall–Kier alpha value is -4.15. The summed E-state index contributed by atoms with van der Waals surface area (Å²) in [5.74, 6) is -2.08. The first-order chi connectivity index (χ1) is 19.1. The van der Waals surface area contributed by atoms with Crippen LogP contribution in [0.2, 0.25) is 0 Å². The lowest BCUT2D eigenvalue weighted by Gasteiger charge is -2.34. The third-order valence-corrected chi connectivity index (χ3v) is 7.21. The standard InChI is InChI=1S/C30H30F3N5O2/c1-17-10-19(12-20(31)11-17)25-16-35-27-5-4-18(13-24(27)29(25)38-8-6-22(34)7-9-38)23-14-21(32)15-26(33)28(23)36-30(39)37(2)40-3/h4-5,10-16,22H,6-9,34H2,1-3H3,(H,36,39). The van der Waals surface area contributed by atoms with E-state index in [1.165, 1.54) is 32.4 Å². The number of nitrogens with one attached hydrogen (secondary N) is 1. The normalized spacial score (nSPS) is 14.0. The second-order valence-electron chi connectivity index (χ2n) is 10.0. The minimum atomic E-state index is -0.930. The molecular weight excluding hydrogens is 519 g/mol. The van der Waals surface area contributed by atoms with E-state index in [0.717, 1.165) is 40.1 Å². The summed E-state index contributed by atoms with van der Waals surface area (Å²) in [5, 5.41) is 4.09. The molecule has 0 radical (unpaired) electrons. The topological polar surface area (TPSA) is 83.7 Å². The van der Waals surface area contributed by atoms with Crippen LogP contribution >= 0.6 is 0 Å². The van der Waals surface area contributed by atoms with Gasteiger partial charge in [0.1, 0.15) is 17.5 Å². The molecule has 1 aliphatic rings. The molecule has 1 aliphatic heterocycles. The number of hydroxylamine groups is 2. The van der Waals surface area contributed by atoms with E-state index >= 15 is 4.39 Å². The Morgan fingerprint density at radius 2 is 1.75 bits per heavy atom. The largest absolute Gasteiger partial charge is 0.370 e. The number of carbonyl (C=O) groups is 1. The lowest BCUT2D eigenvalue weighted by molar-refractivity contribution is -0.0598. The van der Waals surface area contributed by atoms with Crippen molar-refractivity contribution >= 4 is 28.3 Å². The summed E-state index contributed by atoms with van der Waals surface area (Å²) >= 11 is 0. The number of carbonyl (C=O) groups excluding carboxylic acids is 1. The molecule has 0 spiro atoms. The van der Waals surface area contributed by atoms with Gasteiger partial charge in [-0.15, -0.1) is 0 Å². The van der Waals surface area contributed by atoms with E-state index in [1.807, 2.05) is 13.0 Å². The average molecular weight is 550 g/mol. The summed E-state index contributed by atoms with van der Waals surface area (Å²) in [4.78, 5) is 24.2. The van der Waals surface area contributed by atoms with E-state index in [1.54, 1.807) is 24.4 Å². The zero-order chi connectivity index (χ0) is 28.6. The summed E-state index contributed by atoms with van der Waals surface area (Å²) in [6, 6.07) is 11.3. The Balaban J connectivity index is 1.72. The zero-order valence-electron chi connectivity index (χ0n) is 22.5. The van der Waals surface area contributed by atoms with E-state index in [0.29, 0.717) is 35.8 Å². The Kier molecular flexibility index (Phi) is 7.64. The molecule has 5 rings (SSSR count). The maximum absolute atomic E-state index is 15.0. The van der Waals surface area contributed by atoms with Crippen LogP contribution < -0.4 is 16.0 Å². The highest BCUT2D eigenvalue weighted by atomic mass is 19.1. The Labute approximate surface area is 230 Å². The average Bonchev–Trinajstić information content (AvgIpc) is 2.92. The van der Waals surface area contributed by atoms with Gasteiger partial charge in [0.05, 0.1) is 24.0 Å². The number of benzene rings is 3. The van der Waals surface area contributed by atoms with E-state index in [9.17, 15) is 13.6 Å². The number of amides is 2. The van der Waals surface area contributed by atoms with Crippen LogP contribution in [0.5, 0.6) is 0 Å². The summed E-state index contributed by atoms with van der Waals surface area (Å²) in [7, 11) is 2.66. The fourth-order valence-corrected chi connectivity index (χ4v) is 5.11.